The van der Waals surface area contributed by atoms with Crippen LogP contribution in [0.1, 0.15) is 26.3 Å². The minimum atomic E-state index is -0.573. The highest BCUT2D eigenvalue weighted by Crippen LogP contribution is 2.33. The minimum absolute atomic E-state index is 0.0405. The molecule has 0 saturated carbocycles. The average molecular weight is 315 g/mol. The van der Waals surface area contributed by atoms with Crippen LogP contribution in [0.4, 0.5) is 8.78 Å². The SMILES string of the molecule is CC(C)(C)NCc1cc(F)c(Sc2nncs2)c(F)c1. The summed E-state index contributed by atoms with van der Waals surface area (Å²) in [6.45, 7) is 6.42. The maximum atomic E-state index is 14.0. The third kappa shape index (κ3) is 4.22. The highest BCUT2D eigenvalue weighted by Gasteiger charge is 2.15. The fourth-order valence-corrected chi connectivity index (χ4v) is 2.90. The fourth-order valence-electron chi connectivity index (χ4n) is 1.47. The van der Waals surface area contributed by atoms with Gasteiger partial charge in [0.05, 0.1) is 4.90 Å². The first-order chi connectivity index (χ1) is 9.35. The summed E-state index contributed by atoms with van der Waals surface area (Å²) in [5, 5.41) is 10.6. The molecule has 0 spiro atoms. The Morgan fingerprint density at radius 3 is 2.40 bits per heavy atom. The van der Waals surface area contributed by atoms with Gasteiger partial charge in [0, 0.05) is 12.1 Å². The Labute approximate surface area is 124 Å². The maximum absolute atomic E-state index is 14.0. The largest absolute Gasteiger partial charge is 0.308 e. The standard InChI is InChI=1S/C13H15F2N3S2/c1-13(2,3)16-6-8-4-9(14)11(10(15)5-8)20-12-18-17-7-19-12/h4-5,7,16H,6H2,1-3H3. The second-order valence-corrected chi connectivity index (χ2v) is 7.39. The van der Waals surface area contributed by atoms with E-state index in [0.717, 1.165) is 11.8 Å². The number of nitrogens with zero attached hydrogens (tertiary/aromatic N) is 2. The molecular formula is C13H15F2N3S2. The Morgan fingerprint density at radius 1 is 1.25 bits per heavy atom. The molecule has 0 unspecified atom stereocenters. The van der Waals surface area contributed by atoms with Crippen molar-refractivity contribution < 1.29 is 8.78 Å². The molecule has 1 aromatic heterocycles. The summed E-state index contributed by atoms with van der Waals surface area (Å²) in [6.07, 6.45) is 0. The van der Waals surface area contributed by atoms with Gasteiger partial charge >= 0.3 is 0 Å². The van der Waals surface area contributed by atoms with Gasteiger partial charge in [0.25, 0.3) is 0 Å². The summed E-state index contributed by atoms with van der Waals surface area (Å²) in [6, 6.07) is 2.70. The molecule has 0 aliphatic rings. The van der Waals surface area contributed by atoms with E-state index in [2.05, 4.69) is 15.5 Å². The second kappa shape index (κ2) is 6.15. The van der Waals surface area contributed by atoms with Crippen molar-refractivity contribution >= 4 is 23.1 Å². The Morgan fingerprint density at radius 2 is 1.90 bits per heavy atom. The van der Waals surface area contributed by atoms with Gasteiger partial charge in [-0.2, -0.15) is 0 Å². The van der Waals surface area contributed by atoms with Gasteiger partial charge < -0.3 is 5.32 Å². The van der Waals surface area contributed by atoms with Crippen molar-refractivity contribution in [2.24, 2.45) is 0 Å². The molecule has 1 N–H and O–H groups in total. The van der Waals surface area contributed by atoms with Crippen LogP contribution in [0.3, 0.4) is 0 Å². The van der Waals surface area contributed by atoms with Gasteiger partial charge in [-0.15, -0.1) is 10.2 Å². The lowest BCUT2D eigenvalue weighted by atomic mass is 10.1. The van der Waals surface area contributed by atoms with Gasteiger partial charge in [0.15, 0.2) is 4.34 Å². The monoisotopic (exact) mass is 315 g/mol. The van der Waals surface area contributed by atoms with E-state index in [4.69, 9.17) is 0 Å². The third-order valence-corrected chi connectivity index (χ3v) is 4.28. The Kier molecular flexibility index (Phi) is 4.72. The van der Waals surface area contributed by atoms with E-state index in [0.29, 0.717) is 16.4 Å². The van der Waals surface area contributed by atoms with Gasteiger partial charge in [-0.05, 0) is 38.5 Å². The van der Waals surface area contributed by atoms with Crippen molar-refractivity contribution in [1.29, 1.82) is 0 Å². The molecule has 7 heteroatoms. The van der Waals surface area contributed by atoms with Gasteiger partial charge in [-0.3, -0.25) is 0 Å². The fraction of sp³-hybridized carbons (Fsp3) is 0.385. The van der Waals surface area contributed by atoms with Crippen molar-refractivity contribution in [2.75, 3.05) is 0 Å². The van der Waals surface area contributed by atoms with Gasteiger partial charge in [-0.1, -0.05) is 23.1 Å². The van der Waals surface area contributed by atoms with Crippen LogP contribution in [-0.2, 0) is 6.54 Å². The van der Waals surface area contributed by atoms with Crippen LogP contribution in [0.2, 0.25) is 0 Å². The minimum Gasteiger partial charge on any atom is -0.308 e. The number of nitrogens with one attached hydrogen (secondary N) is 1. The molecule has 0 radical (unpaired) electrons. The summed E-state index contributed by atoms with van der Waals surface area (Å²) < 4.78 is 28.5. The van der Waals surface area contributed by atoms with E-state index in [-0.39, 0.29) is 10.4 Å². The average Bonchev–Trinajstić information content (AvgIpc) is 2.83. The van der Waals surface area contributed by atoms with E-state index >= 15 is 0 Å². The van der Waals surface area contributed by atoms with E-state index in [1.807, 2.05) is 20.8 Å². The van der Waals surface area contributed by atoms with Crippen LogP contribution in [-0.4, -0.2) is 15.7 Å². The van der Waals surface area contributed by atoms with Crippen LogP contribution in [0, 0.1) is 11.6 Å². The Hall–Kier alpha value is -1.05. The van der Waals surface area contributed by atoms with Crippen LogP contribution >= 0.6 is 23.1 Å². The Balaban J connectivity index is 2.16. The molecule has 0 atom stereocenters. The van der Waals surface area contributed by atoms with Gasteiger partial charge in [0.1, 0.15) is 17.1 Å². The predicted molar refractivity (Wildman–Crippen MR) is 77.0 cm³/mol. The number of rotatable bonds is 4. The third-order valence-electron chi connectivity index (χ3n) is 2.41. The maximum Gasteiger partial charge on any atom is 0.179 e. The first kappa shape index (κ1) is 15.3. The van der Waals surface area contributed by atoms with E-state index in [9.17, 15) is 8.78 Å². The normalized spacial score (nSPS) is 11.8. The summed E-state index contributed by atoms with van der Waals surface area (Å²) in [5.74, 6) is -1.15. The highest BCUT2D eigenvalue weighted by atomic mass is 32.2. The molecule has 0 bridgehead atoms. The van der Waals surface area contributed by atoms with E-state index in [1.54, 1.807) is 0 Å². The predicted octanol–water partition coefficient (Wildman–Crippen LogP) is 3.86. The van der Waals surface area contributed by atoms with Crippen LogP contribution < -0.4 is 5.32 Å². The summed E-state index contributed by atoms with van der Waals surface area (Å²) in [4.78, 5) is -0.0405. The molecule has 2 aromatic rings. The van der Waals surface area contributed by atoms with Crippen molar-refractivity contribution in [1.82, 2.24) is 15.5 Å². The van der Waals surface area contributed by atoms with E-state index in [1.165, 1.54) is 29.0 Å². The summed E-state index contributed by atoms with van der Waals surface area (Å²) in [5.41, 5.74) is 2.00. The number of aromatic nitrogens is 2. The molecule has 0 fully saturated rings. The van der Waals surface area contributed by atoms with Crippen LogP contribution in [0.15, 0.2) is 26.9 Å². The molecule has 108 valence electrons. The molecule has 1 aromatic carbocycles. The van der Waals surface area contributed by atoms with Crippen molar-refractivity contribution in [3.8, 4) is 0 Å². The van der Waals surface area contributed by atoms with Crippen LogP contribution in [0.5, 0.6) is 0 Å². The molecule has 0 saturated heterocycles. The second-order valence-electron chi connectivity index (χ2n) is 5.30. The summed E-state index contributed by atoms with van der Waals surface area (Å²) >= 11 is 2.20. The molecule has 0 aliphatic heterocycles. The summed E-state index contributed by atoms with van der Waals surface area (Å²) in [7, 11) is 0. The molecule has 1 heterocycles. The molecular weight excluding hydrogens is 300 g/mol. The smallest absolute Gasteiger partial charge is 0.179 e. The highest BCUT2D eigenvalue weighted by molar-refractivity contribution is 8.01. The molecule has 2 rings (SSSR count). The quantitative estimate of drug-likeness (QED) is 0.930. The molecule has 0 aliphatic carbocycles. The lowest BCUT2D eigenvalue weighted by molar-refractivity contribution is 0.422. The zero-order valence-electron chi connectivity index (χ0n) is 11.4. The molecule has 20 heavy (non-hydrogen) atoms. The Bertz CT molecular complexity index is 557. The van der Waals surface area contributed by atoms with E-state index < -0.39 is 11.6 Å². The topological polar surface area (TPSA) is 37.8 Å². The van der Waals surface area contributed by atoms with Crippen molar-refractivity contribution in [3.05, 3.63) is 34.8 Å². The first-order valence-corrected chi connectivity index (χ1v) is 7.72. The van der Waals surface area contributed by atoms with Gasteiger partial charge in [-0.25, -0.2) is 8.78 Å². The van der Waals surface area contributed by atoms with Crippen molar-refractivity contribution in [3.63, 3.8) is 0 Å². The lowest BCUT2D eigenvalue weighted by Crippen LogP contribution is -2.35. The molecule has 0 amide bonds. The van der Waals surface area contributed by atoms with Crippen molar-refractivity contribution in [2.45, 2.75) is 42.1 Å². The zero-order valence-corrected chi connectivity index (χ0v) is 13.0. The first-order valence-electron chi connectivity index (χ1n) is 6.02. The number of hydrogen-bond donors (Lipinski definition) is 1. The zero-order chi connectivity index (χ0) is 14.8. The van der Waals surface area contributed by atoms with Gasteiger partial charge in [0.2, 0.25) is 0 Å². The lowest BCUT2D eigenvalue weighted by Gasteiger charge is -2.20. The number of benzene rings is 1. The molecule has 3 nitrogen and oxygen atoms in total. The number of halogens is 2. The number of hydrogen-bond acceptors (Lipinski definition) is 5. The van der Waals surface area contributed by atoms with Crippen LogP contribution in [0.25, 0.3) is 0 Å².